The van der Waals surface area contributed by atoms with Gasteiger partial charge in [0.1, 0.15) is 0 Å². The highest BCUT2D eigenvalue weighted by atomic mass is 16.3. The molecule has 3 rings (SSSR count). The van der Waals surface area contributed by atoms with E-state index < -0.39 is 0 Å². The molecule has 3 aliphatic rings. The fraction of sp³-hybridized carbons (Fsp3) is 1.00. The third-order valence-electron chi connectivity index (χ3n) is 6.93. The molecule has 3 saturated carbocycles. The molecule has 0 unspecified atom stereocenters. The Morgan fingerprint density at radius 2 is 1.65 bits per heavy atom. The van der Waals surface area contributed by atoms with Gasteiger partial charge in [-0.2, -0.15) is 0 Å². The van der Waals surface area contributed by atoms with Gasteiger partial charge < -0.3 is 5.11 Å². The van der Waals surface area contributed by atoms with Crippen LogP contribution >= 0.6 is 0 Å². The van der Waals surface area contributed by atoms with E-state index in [0.29, 0.717) is 17.3 Å². The van der Waals surface area contributed by atoms with Gasteiger partial charge in [0.2, 0.25) is 0 Å². The Kier molecular flexibility index (Phi) is 2.63. The fourth-order valence-corrected chi connectivity index (χ4v) is 5.41. The first-order valence-electron chi connectivity index (χ1n) is 7.68. The van der Waals surface area contributed by atoms with Crippen molar-refractivity contribution in [2.45, 2.75) is 71.3 Å². The van der Waals surface area contributed by atoms with Crippen molar-refractivity contribution in [3.05, 3.63) is 0 Å². The first-order valence-corrected chi connectivity index (χ1v) is 7.68. The average Bonchev–Trinajstić information content (AvgIpc) is 2.65. The monoisotopic (exact) mass is 236 g/mol. The molecule has 0 radical (unpaired) electrons. The first kappa shape index (κ1) is 12.0. The maximum atomic E-state index is 11.1. The van der Waals surface area contributed by atoms with Gasteiger partial charge >= 0.3 is 0 Å². The van der Waals surface area contributed by atoms with Crippen molar-refractivity contribution in [2.75, 3.05) is 0 Å². The highest BCUT2D eigenvalue weighted by molar-refractivity contribution is 5.07. The molecule has 98 valence electrons. The molecule has 0 aliphatic heterocycles. The van der Waals surface area contributed by atoms with Crippen LogP contribution in [-0.4, -0.2) is 10.7 Å². The summed E-state index contributed by atoms with van der Waals surface area (Å²) in [6, 6.07) is 0. The van der Waals surface area contributed by atoms with Crippen molar-refractivity contribution >= 4 is 0 Å². The van der Waals surface area contributed by atoms with Crippen LogP contribution in [0.1, 0.15) is 65.7 Å². The second-order valence-electron chi connectivity index (χ2n) is 7.67. The van der Waals surface area contributed by atoms with Gasteiger partial charge in [0.25, 0.3) is 0 Å². The van der Waals surface area contributed by atoms with Crippen LogP contribution in [0.15, 0.2) is 0 Å². The molecule has 1 nitrogen and oxygen atoms in total. The van der Waals surface area contributed by atoms with E-state index in [9.17, 15) is 5.11 Å². The van der Waals surface area contributed by atoms with Crippen LogP contribution in [0.3, 0.4) is 0 Å². The maximum Gasteiger partial charge on any atom is 0.0706 e. The van der Waals surface area contributed by atoms with E-state index in [0.717, 1.165) is 18.3 Å². The van der Waals surface area contributed by atoms with Crippen molar-refractivity contribution in [1.29, 1.82) is 0 Å². The number of hydrogen-bond acceptors (Lipinski definition) is 1. The van der Waals surface area contributed by atoms with Crippen LogP contribution in [0.2, 0.25) is 0 Å². The Labute approximate surface area is 106 Å². The van der Waals surface area contributed by atoms with Crippen molar-refractivity contribution < 1.29 is 5.11 Å². The second-order valence-corrected chi connectivity index (χ2v) is 7.67. The molecule has 1 N–H and O–H groups in total. The van der Waals surface area contributed by atoms with Gasteiger partial charge in [-0.25, -0.2) is 0 Å². The van der Waals surface area contributed by atoms with Crippen molar-refractivity contribution in [3.63, 3.8) is 0 Å². The van der Waals surface area contributed by atoms with Gasteiger partial charge in [-0.15, -0.1) is 0 Å². The Morgan fingerprint density at radius 1 is 0.941 bits per heavy atom. The molecular weight excluding hydrogens is 208 g/mol. The molecule has 0 spiro atoms. The first-order chi connectivity index (χ1) is 7.96. The molecule has 17 heavy (non-hydrogen) atoms. The smallest absolute Gasteiger partial charge is 0.0706 e. The molecule has 0 aromatic heterocycles. The van der Waals surface area contributed by atoms with Gasteiger partial charge in [-0.3, -0.25) is 0 Å². The van der Waals surface area contributed by atoms with Gasteiger partial charge in [0.15, 0.2) is 0 Å². The zero-order valence-corrected chi connectivity index (χ0v) is 11.7. The number of rotatable bonds is 0. The summed E-state index contributed by atoms with van der Waals surface area (Å²) in [5.74, 6) is 2.83. The lowest BCUT2D eigenvalue weighted by Crippen LogP contribution is -2.55. The summed E-state index contributed by atoms with van der Waals surface area (Å²) in [5.41, 5.74) is 0.159. The number of hydrogen-bond donors (Lipinski definition) is 1. The lowest BCUT2D eigenvalue weighted by molar-refractivity contribution is -0.153. The Balaban J connectivity index is 1.92. The Hall–Kier alpha value is -0.0400. The summed E-state index contributed by atoms with van der Waals surface area (Å²) < 4.78 is 0. The van der Waals surface area contributed by atoms with Crippen molar-refractivity contribution in [3.8, 4) is 0 Å². The molecule has 0 saturated heterocycles. The predicted molar refractivity (Wildman–Crippen MR) is 70.7 cm³/mol. The molecule has 1 heteroatoms. The normalized spacial score (nSPS) is 52.9. The van der Waals surface area contributed by atoms with Crippen LogP contribution < -0.4 is 0 Å². The summed E-state index contributed by atoms with van der Waals surface area (Å²) in [4.78, 5) is 0. The van der Waals surface area contributed by atoms with E-state index in [1.54, 1.807) is 0 Å². The van der Waals surface area contributed by atoms with E-state index in [1.807, 2.05) is 0 Å². The van der Waals surface area contributed by atoms with Crippen LogP contribution in [-0.2, 0) is 0 Å². The third kappa shape index (κ3) is 1.54. The molecule has 0 amide bonds. The van der Waals surface area contributed by atoms with E-state index in [2.05, 4.69) is 20.8 Å². The van der Waals surface area contributed by atoms with E-state index in [-0.39, 0.29) is 5.60 Å². The van der Waals surface area contributed by atoms with Crippen LogP contribution in [0.5, 0.6) is 0 Å². The number of fused-ring (bicyclic) bond motifs is 3. The van der Waals surface area contributed by atoms with Gasteiger partial charge in [0.05, 0.1) is 5.60 Å². The average molecular weight is 236 g/mol. The zero-order valence-electron chi connectivity index (χ0n) is 11.7. The standard InChI is InChI=1S/C16H28O/c1-11-6-8-14-13(15(11,2)3)9-7-12-5-4-10-16(12,14)17/h11-14,17H,4-10H2,1-3H3/t11-,12+,13+,14-,16+/m1/s1. The fourth-order valence-electron chi connectivity index (χ4n) is 5.41. The van der Waals surface area contributed by atoms with Crippen molar-refractivity contribution in [1.82, 2.24) is 0 Å². The number of aliphatic hydroxyl groups is 1. The van der Waals surface area contributed by atoms with E-state index in [1.165, 1.54) is 38.5 Å². The largest absolute Gasteiger partial charge is 0.389 e. The minimum Gasteiger partial charge on any atom is -0.389 e. The van der Waals surface area contributed by atoms with Crippen LogP contribution in [0, 0.1) is 29.1 Å². The topological polar surface area (TPSA) is 20.2 Å². The minimum atomic E-state index is -0.277. The summed E-state index contributed by atoms with van der Waals surface area (Å²) >= 11 is 0. The van der Waals surface area contributed by atoms with E-state index in [4.69, 9.17) is 0 Å². The molecule has 3 aliphatic carbocycles. The molecule has 0 aromatic rings. The summed E-state index contributed by atoms with van der Waals surface area (Å²) in [6.07, 6.45) is 8.90. The molecule has 0 aromatic carbocycles. The minimum absolute atomic E-state index is 0.277. The molecule has 5 atom stereocenters. The van der Waals surface area contributed by atoms with Crippen LogP contribution in [0.4, 0.5) is 0 Å². The van der Waals surface area contributed by atoms with Gasteiger partial charge in [-0.05, 0) is 67.6 Å². The third-order valence-corrected chi connectivity index (χ3v) is 6.93. The van der Waals surface area contributed by atoms with E-state index >= 15 is 0 Å². The maximum absolute atomic E-state index is 11.1. The van der Waals surface area contributed by atoms with Crippen LogP contribution in [0.25, 0.3) is 0 Å². The quantitative estimate of drug-likeness (QED) is 0.674. The highest BCUT2D eigenvalue weighted by Crippen LogP contribution is 2.60. The Morgan fingerprint density at radius 3 is 2.41 bits per heavy atom. The highest BCUT2D eigenvalue weighted by Gasteiger charge is 2.57. The summed E-state index contributed by atoms with van der Waals surface area (Å²) in [5, 5.41) is 11.1. The lowest BCUT2D eigenvalue weighted by atomic mass is 9.50. The van der Waals surface area contributed by atoms with Gasteiger partial charge in [0, 0.05) is 0 Å². The molecular formula is C16H28O. The second kappa shape index (κ2) is 3.73. The Bertz CT molecular complexity index is 309. The van der Waals surface area contributed by atoms with Gasteiger partial charge in [-0.1, -0.05) is 27.2 Å². The SMILES string of the molecule is C[C@@H]1CC[C@@H]2[C@H](CC[C@@H]3CCC[C@]32O)C1(C)C. The lowest BCUT2D eigenvalue weighted by Gasteiger charge is -2.57. The molecule has 0 heterocycles. The van der Waals surface area contributed by atoms with Crippen molar-refractivity contribution in [2.24, 2.45) is 29.1 Å². The zero-order chi connectivity index (χ0) is 12.3. The summed E-state index contributed by atoms with van der Waals surface area (Å²) in [7, 11) is 0. The molecule has 0 bridgehead atoms. The molecule has 3 fully saturated rings. The summed E-state index contributed by atoms with van der Waals surface area (Å²) in [6.45, 7) is 7.32. The predicted octanol–water partition coefficient (Wildman–Crippen LogP) is 4.00.